The van der Waals surface area contributed by atoms with E-state index in [4.69, 9.17) is 4.52 Å². The molecule has 3 rings (SSSR count). The number of anilines is 2. The van der Waals surface area contributed by atoms with Crippen molar-refractivity contribution < 1.29 is 9.09 Å². The van der Waals surface area contributed by atoms with Gasteiger partial charge in [0, 0.05) is 30.8 Å². The fourth-order valence-electron chi connectivity index (χ4n) is 3.25. The molecule has 0 fully saturated rings. The van der Waals surface area contributed by atoms with Crippen LogP contribution in [0, 0.1) is 6.92 Å². The molecule has 0 aliphatic rings. The maximum absolute atomic E-state index is 14.4. The molecule has 4 nitrogen and oxygen atoms in total. The minimum atomic E-state index is -3.26. The van der Waals surface area contributed by atoms with Gasteiger partial charge in [-0.05, 0) is 55.8 Å². The summed E-state index contributed by atoms with van der Waals surface area (Å²) in [7, 11) is 0.715. The van der Waals surface area contributed by atoms with Crippen LogP contribution in [-0.2, 0) is 9.09 Å². The van der Waals surface area contributed by atoms with Gasteiger partial charge >= 0.3 is 0 Å². The number of hydrogen-bond donors (Lipinski definition) is 1. The van der Waals surface area contributed by atoms with Crippen molar-refractivity contribution in [2.45, 2.75) is 19.6 Å². The Hall–Kier alpha value is -2.55. The zero-order valence-corrected chi connectivity index (χ0v) is 18.4. The normalized spacial score (nSPS) is 14.1. The van der Waals surface area contributed by atoms with Gasteiger partial charge in [0.25, 0.3) is 7.37 Å². The van der Waals surface area contributed by atoms with Crippen molar-refractivity contribution in [2.24, 2.45) is 0 Å². The van der Waals surface area contributed by atoms with Crippen molar-refractivity contribution in [3.05, 3.63) is 90.0 Å². The molecule has 3 aromatic carbocycles. The molecule has 0 aliphatic heterocycles. The number of hydrogen-bond acceptors (Lipinski definition) is 4. The van der Waals surface area contributed by atoms with Crippen LogP contribution in [0.2, 0.25) is 0 Å². The second kappa shape index (κ2) is 9.30. The lowest BCUT2D eigenvalue weighted by molar-refractivity contribution is 0.335. The maximum atomic E-state index is 14.4. The Morgan fingerprint density at radius 3 is 2.10 bits per heavy atom. The molecule has 0 spiro atoms. The first-order valence-corrected chi connectivity index (χ1v) is 11.5. The third-order valence-electron chi connectivity index (χ3n) is 4.86. The largest absolute Gasteiger partial charge is 0.378 e. The van der Waals surface area contributed by atoms with E-state index in [0.717, 1.165) is 22.5 Å². The van der Waals surface area contributed by atoms with E-state index in [1.54, 1.807) is 0 Å². The quantitative estimate of drug-likeness (QED) is 0.478. The molecule has 0 bridgehead atoms. The Kier molecular flexibility index (Phi) is 6.79. The number of nitrogens with zero attached hydrogens (tertiary/aromatic N) is 1. The highest BCUT2D eigenvalue weighted by molar-refractivity contribution is 7.67. The Morgan fingerprint density at radius 2 is 1.55 bits per heavy atom. The van der Waals surface area contributed by atoms with Gasteiger partial charge in [0.05, 0.1) is 6.61 Å². The van der Waals surface area contributed by atoms with Gasteiger partial charge in [-0.15, -0.1) is 0 Å². The molecular formula is C24H29N2O2P. The van der Waals surface area contributed by atoms with Gasteiger partial charge in [0.1, 0.15) is 5.78 Å². The van der Waals surface area contributed by atoms with Crippen molar-refractivity contribution in [2.75, 3.05) is 30.9 Å². The van der Waals surface area contributed by atoms with Gasteiger partial charge in [-0.2, -0.15) is 0 Å². The molecule has 0 aromatic heterocycles. The van der Waals surface area contributed by atoms with E-state index in [1.807, 2.05) is 112 Å². The second-order valence-electron chi connectivity index (χ2n) is 7.25. The van der Waals surface area contributed by atoms with Crippen LogP contribution in [0.1, 0.15) is 23.8 Å². The van der Waals surface area contributed by atoms with E-state index in [0.29, 0.717) is 11.9 Å². The van der Waals surface area contributed by atoms with Crippen LogP contribution < -0.4 is 15.5 Å². The second-order valence-corrected chi connectivity index (χ2v) is 9.73. The van der Waals surface area contributed by atoms with Crippen LogP contribution in [-0.4, -0.2) is 20.7 Å². The maximum Gasteiger partial charge on any atom is 0.258 e. The summed E-state index contributed by atoms with van der Waals surface area (Å²) in [5.74, 6) is -0.490. The van der Waals surface area contributed by atoms with Crippen LogP contribution in [0.15, 0.2) is 78.9 Å². The number of rotatable bonds is 8. The lowest BCUT2D eigenvalue weighted by atomic mass is 10.1. The molecule has 152 valence electrons. The molecule has 0 saturated heterocycles. The van der Waals surface area contributed by atoms with Gasteiger partial charge in [-0.3, -0.25) is 4.57 Å². The standard InChI is InChI=1S/C24H29N2O2P/c1-5-28-29(27,23-17-15-22(16-18-23)26(3)4)24(20-13-11-19(2)12-14-20)25-21-9-7-6-8-10-21/h6-18,24-25H,5H2,1-4H3. The molecule has 3 aromatic rings. The predicted octanol–water partition coefficient (Wildman–Crippen LogP) is 5.81. The molecule has 29 heavy (non-hydrogen) atoms. The summed E-state index contributed by atoms with van der Waals surface area (Å²) in [6.07, 6.45) is 0. The molecule has 5 heteroatoms. The zero-order chi connectivity index (χ0) is 20.9. The highest BCUT2D eigenvalue weighted by Crippen LogP contribution is 2.59. The molecule has 0 saturated carbocycles. The van der Waals surface area contributed by atoms with Gasteiger partial charge in [-0.1, -0.05) is 48.0 Å². The van der Waals surface area contributed by atoms with Gasteiger partial charge in [-0.25, -0.2) is 0 Å². The molecule has 2 atom stereocenters. The lowest BCUT2D eigenvalue weighted by Gasteiger charge is -2.30. The topological polar surface area (TPSA) is 41.6 Å². The minimum Gasteiger partial charge on any atom is -0.378 e. The van der Waals surface area contributed by atoms with E-state index in [9.17, 15) is 4.57 Å². The summed E-state index contributed by atoms with van der Waals surface area (Å²) in [6, 6.07) is 25.8. The first-order chi connectivity index (χ1) is 13.9. The van der Waals surface area contributed by atoms with Gasteiger partial charge in [0.2, 0.25) is 0 Å². The molecule has 0 heterocycles. The van der Waals surface area contributed by atoms with E-state index in [1.165, 1.54) is 0 Å². The molecule has 2 unspecified atom stereocenters. The molecule has 0 radical (unpaired) electrons. The fourth-order valence-corrected chi connectivity index (χ4v) is 5.68. The fraction of sp³-hybridized carbons (Fsp3) is 0.250. The Morgan fingerprint density at radius 1 is 0.931 bits per heavy atom. The number of aryl methyl sites for hydroxylation is 1. The highest BCUT2D eigenvalue weighted by atomic mass is 31.2. The van der Waals surface area contributed by atoms with E-state index < -0.39 is 13.2 Å². The molecule has 0 amide bonds. The van der Waals surface area contributed by atoms with Crippen molar-refractivity contribution in [1.82, 2.24) is 0 Å². The third kappa shape index (κ3) is 4.90. The minimum absolute atomic E-state index is 0.367. The van der Waals surface area contributed by atoms with Crippen molar-refractivity contribution in [3.63, 3.8) is 0 Å². The van der Waals surface area contributed by atoms with Gasteiger partial charge in [0.15, 0.2) is 0 Å². The van der Waals surface area contributed by atoms with Crippen molar-refractivity contribution >= 4 is 24.0 Å². The summed E-state index contributed by atoms with van der Waals surface area (Å²) < 4.78 is 20.4. The molecular weight excluding hydrogens is 379 g/mol. The van der Waals surface area contributed by atoms with E-state index in [2.05, 4.69) is 5.32 Å². The average molecular weight is 408 g/mol. The Bertz CT molecular complexity index is 954. The van der Waals surface area contributed by atoms with E-state index in [-0.39, 0.29) is 0 Å². The third-order valence-corrected chi connectivity index (χ3v) is 7.62. The summed E-state index contributed by atoms with van der Waals surface area (Å²) >= 11 is 0. The Labute approximate surface area is 174 Å². The van der Waals surface area contributed by atoms with Crippen LogP contribution >= 0.6 is 7.37 Å². The molecule has 1 N–H and O–H groups in total. The highest BCUT2D eigenvalue weighted by Gasteiger charge is 2.37. The number of para-hydroxylation sites is 1. The first-order valence-electron chi connectivity index (χ1n) is 9.84. The SMILES string of the molecule is CCOP(=O)(c1ccc(N(C)C)cc1)C(Nc1ccccc1)c1ccc(C)cc1. The average Bonchev–Trinajstić information content (AvgIpc) is 2.74. The number of nitrogens with one attached hydrogen (secondary N) is 1. The summed E-state index contributed by atoms with van der Waals surface area (Å²) in [5.41, 5.74) is 4.06. The monoisotopic (exact) mass is 408 g/mol. The van der Waals surface area contributed by atoms with Crippen molar-refractivity contribution in [1.29, 1.82) is 0 Å². The van der Waals surface area contributed by atoms with Crippen LogP contribution in [0.5, 0.6) is 0 Å². The van der Waals surface area contributed by atoms with E-state index >= 15 is 0 Å². The summed E-state index contributed by atoms with van der Waals surface area (Å²) in [6.45, 7) is 4.30. The van der Waals surface area contributed by atoms with Gasteiger partial charge < -0.3 is 14.7 Å². The zero-order valence-electron chi connectivity index (χ0n) is 17.5. The first kappa shape index (κ1) is 21.2. The summed E-state index contributed by atoms with van der Waals surface area (Å²) in [5, 5.41) is 4.18. The lowest BCUT2D eigenvalue weighted by Crippen LogP contribution is -2.21. The van der Waals surface area contributed by atoms with Crippen molar-refractivity contribution in [3.8, 4) is 0 Å². The molecule has 0 aliphatic carbocycles. The predicted molar refractivity (Wildman–Crippen MR) is 124 cm³/mol. The smallest absolute Gasteiger partial charge is 0.258 e. The van der Waals surface area contributed by atoms with Crippen LogP contribution in [0.25, 0.3) is 0 Å². The number of benzene rings is 3. The summed E-state index contributed by atoms with van der Waals surface area (Å²) in [4.78, 5) is 2.02. The van der Waals surface area contributed by atoms with Crippen LogP contribution in [0.3, 0.4) is 0 Å². The van der Waals surface area contributed by atoms with Crippen LogP contribution in [0.4, 0.5) is 11.4 Å². The Balaban J connectivity index is 2.09.